The first-order valence-electron chi connectivity index (χ1n) is 8.29. The SMILES string of the molecule is Cc1cccc(OCC(O)CN(C)CCOc2ccccc2C)c1. The molecule has 0 radical (unpaired) electrons. The van der Waals surface area contributed by atoms with Gasteiger partial charge in [-0.2, -0.15) is 0 Å². The van der Waals surface area contributed by atoms with E-state index in [1.807, 2.05) is 74.3 Å². The minimum Gasteiger partial charge on any atom is -0.492 e. The average molecular weight is 329 g/mol. The molecule has 0 aliphatic rings. The molecular weight excluding hydrogens is 302 g/mol. The molecule has 2 aromatic carbocycles. The maximum absolute atomic E-state index is 10.1. The molecule has 1 N–H and O–H groups in total. The molecule has 4 nitrogen and oxygen atoms in total. The zero-order chi connectivity index (χ0) is 17.4. The molecule has 0 aliphatic carbocycles. The Labute approximate surface area is 144 Å². The number of ether oxygens (including phenoxy) is 2. The van der Waals surface area contributed by atoms with E-state index in [1.54, 1.807) is 0 Å². The second-order valence-electron chi connectivity index (χ2n) is 6.16. The van der Waals surface area contributed by atoms with Crippen LogP contribution in [0.1, 0.15) is 11.1 Å². The van der Waals surface area contributed by atoms with Crippen LogP contribution in [0.2, 0.25) is 0 Å². The molecule has 1 atom stereocenters. The highest BCUT2D eigenvalue weighted by atomic mass is 16.5. The zero-order valence-corrected chi connectivity index (χ0v) is 14.7. The molecule has 130 valence electrons. The Morgan fingerprint density at radius 3 is 2.58 bits per heavy atom. The third-order valence-electron chi connectivity index (χ3n) is 3.78. The highest BCUT2D eigenvalue weighted by Gasteiger charge is 2.09. The average Bonchev–Trinajstić information content (AvgIpc) is 2.55. The molecule has 0 amide bonds. The first-order valence-corrected chi connectivity index (χ1v) is 8.29. The molecule has 0 fully saturated rings. The van der Waals surface area contributed by atoms with Crippen LogP contribution in [0.25, 0.3) is 0 Å². The molecule has 0 bridgehead atoms. The Morgan fingerprint density at radius 1 is 1.04 bits per heavy atom. The van der Waals surface area contributed by atoms with Crippen molar-refractivity contribution in [2.45, 2.75) is 20.0 Å². The number of rotatable bonds is 9. The van der Waals surface area contributed by atoms with Crippen molar-refractivity contribution in [3.8, 4) is 11.5 Å². The molecule has 0 saturated heterocycles. The van der Waals surface area contributed by atoms with Gasteiger partial charge in [-0.1, -0.05) is 30.3 Å². The summed E-state index contributed by atoms with van der Waals surface area (Å²) < 4.78 is 11.4. The van der Waals surface area contributed by atoms with Crippen molar-refractivity contribution in [3.63, 3.8) is 0 Å². The maximum Gasteiger partial charge on any atom is 0.122 e. The summed E-state index contributed by atoms with van der Waals surface area (Å²) in [4.78, 5) is 2.04. The standard InChI is InChI=1S/C20H27NO3/c1-16-7-6-9-19(13-16)24-15-18(22)14-21(3)11-12-23-20-10-5-4-8-17(20)2/h4-10,13,18,22H,11-12,14-15H2,1-3H3. The number of aryl methyl sites for hydroxylation is 2. The third kappa shape index (κ3) is 6.22. The molecule has 0 heterocycles. The quantitative estimate of drug-likeness (QED) is 0.768. The van der Waals surface area contributed by atoms with Gasteiger partial charge in [0.15, 0.2) is 0 Å². The van der Waals surface area contributed by atoms with Gasteiger partial charge in [0.25, 0.3) is 0 Å². The summed E-state index contributed by atoms with van der Waals surface area (Å²) in [5, 5.41) is 10.1. The zero-order valence-electron chi connectivity index (χ0n) is 14.7. The van der Waals surface area contributed by atoms with Crippen molar-refractivity contribution in [2.24, 2.45) is 0 Å². The molecule has 1 unspecified atom stereocenters. The molecule has 24 heavy (non-hydrogen) atoms. The first kappa shape index (κ1) is 18.3. The Hall–Kier alpha value is -2.04. The maximum atomic E-state index is 10.1. The second kappa shape index (κ2) is 9.30. The van der Waals surface area contributed by atoms with Crippen molar-refractivity contribution < 1.29 is 14.6 Å². The van der Waals surface area contributed by atoms with Crippen LogP contribution in [0.5, 0.6) is 11.5 Å². The lowest BCUT2D eigenvalue weighted by atomic mass is 10.2. The fourth-order valence-corrected chi connectivity index (χ4v) is 2.43. The highest BCUT2D eigenvalue weighted by molar-refractivity contribution is 5.31. The van der Waals surface area contributed by atoms with Crippen molar-refractivity contribution >= 4 is 0 Å². The van der Waals surface area contributed by atoms with Gasteiger partial charge in [-0.3, -0.25) is 0 Å². The molecule has 2 rings (SSSR count). The predicted molar refractivity (Wildman–Crippen MR) is 96.9 cm³/mol. The molecule has 0 spiro atoms. The summed E-state index contributed by atoms with van der Waals surface area (Å²) in [5.41, 5.74) is 2.28. The summed E-state index contributed by atoms with van der Waals surface area (Å²) in [6.45, 7) is 6.22. The smallest absolute Gasteiger partial charge is 0.122 e. The summed E-state index contributed by atoms with van der Waals surface area (Å²) in [5.74, 6) is 1.70. The van der Waals surface area contributed by atoms with Crippen molar-refractivity contribution in [1.29, 1.82) is 0 Å². The lowest BCUT2D eigenvalue weighted by Crippen LogP contribution is -2.35. The van der Waals surface area contributed by atoms with Crippen LogP contribution in [0, 0.1) is 13.8 Å². The van der Waals surface area contributed by atoms with E-state index in [9.17, 15) is 5.11 Å². The molecular formula is C20H27NO3. The van der Waals surface area contributed by atoms with E-state index in [0.29, 0.717) is 13.2 Å². The van der Waals surface area contributed by atoms with Crippen LogP contribution in [-0.2, 0) is 0 Å². The van der Waals surface area contributed by atoms with E-state index in [2.05, 4.69) is 0 Å². The number of aliphatic hydroxyl groups excluding tert-OH is 1. The topological polar surface area (TPSA) is 41.9 Å². The lowest BCUT2D eigenvalue weighted by Gasteiger charge is -2.21. The van der Waals surface area contributed by atoms with Gasteiger partial charge >= 0.3 is 0 Å². The Kier molecular flexibility index (Phi) is 7.09. The van der Waals surface area contributed by atoms with Crippen molar-refractivity contribution in [2.75, 3.05) is 33.4 Å². The van der Waals surface area contributed by atoms with Gasteiger partial charge in [0.2, 0.25) is 0 Å². The highest BCUT2D eigenvalue weighted by Crippen LogP contribution is 2.16. The number of likely N-dealkylation sites (N-methyl/N-ethyl adjacent to an activating group) is 1. The molecule has 4 heteroatoms. The van der Waals surface area contributed by atoms with E-state index < -0.39 is 6.10 Å². The Bertz CT molecular complexity index is 630. The van der Waals surface area contributed by atoms with Gasteiger partial charge in [-0.05, 0) is 50.2 Å². The van der Waals surface area contributed by atoms with Crippen LogP contribution in [0.3, 0.4) is 0 Å². The fourth-order valence-electron chi connectivity index (χ4n) is 2.43. The van der Waals surface area contributed by atoms with E-state index in [0.717, 1.165) is 29.2 Å². The number of nitrogens with zero attached hydrogens (tertiary/aromatic N) is 1. The second-order valence-corrected chi connectivity index (χ2v) is 6.16. The molecule has 2 aromatic rings. The normalized spacial score (nSPS) is 12.2. The number of benzene rings is 2. The summed E-state index contributed by atoms with van der Waals surface area (Å²) in [7, 11) is 1.97. The Morgan fingerprint density at radius 2 is 1.83 bits per heavy atom. The van der Waals surface area contributed by atoms with Crippen molar-refractivity contribution in [3.05, 3.63) is 59.7 Å². The van der Waals surface area contributed by atoms with Crippen LogP contribution in [-0.4, -0.2) is 49.5 Å². The van der Waals surface area contributed by atoms with Gasteiger partial charge in [0.1, 0.15) is 30.8 Å². The predicted octanol–water partition coefficient (Wildman–Crippen LogP) is 3.05. The minimum absolute atomic E-state index is 0.284. The lowest BCUT2D eigenvalue weighted by molar-refractivity contribution is 0.0722. The van der Waals surface area contributed by atoms with E-state index in [1.165, 1.54) is 0 Å². The summed E-state index contributed by atoms with van der Waals surface area (Å²) >= 11 is 0. The monoisotopic (exact) mass is 329 g/mol. The first-order chi connectivity index (χ1) is 11.5. The van der Waals surface area contributed by atoms with Crippen LogP contribution in [0.15, 0.2) is 48.5 Å². The number of hydrogen-bond acceptors (Lipinski definition) is 4. The van der Waals surface area contributed by atoms with E-state index in [-0.39, 0.29) is 6.61 Å². The van der Waals surface area contributed by atoms with Gasteiger partial charge < -0.3 is 19.5 Å². The van der Waals surface area contributed by atoms with E-state index >= 15 is 0 Å². The fraction of sp³-hybridized carbons (Fsp3) is 0.400. The summed E-state index contributed by atoms with van der Waals surface area (Å²) in [6, 6.07) is 15.8. The van der Waals surface area contributed by atoms with Crippen LogP contribution >= 0.6 is 0 Å². The van der Waals surface area contributed by atoms with Gasteiger partial charge in [0.05, 0.1) is 0 Å². The van der Waals surface area contributed by atoms with Gasteiger partial charge in [0, 0.05) is 13.1 Å². The molecule has 0 saturated carbocycles. The summed E-state index contributed by atoms with van der Waals surface area (Å²) in [6.07, 6.45) is -0.533. The Balaban J connectivity index is 1.66. The minimum atomic E-state index is -0.533. The van der Waals surface area contributed by atoms with Crippen LogP contribution in [0.4, 0.5) is 0 Å². The number of hydrogen-bond donors (Lipinski definition) is 1. The number of para-hydroxylation sites is 1. The molecule has 0 aromatic heterocycles. The van der Waals surface area contributed by atoms with Gasteiger partial charge in [-0.25, -0.2) is 0 Å². The number of aliphatic hydroxyl groups is 1. The van der Waals surface area contributed by atoms with Crippen molar-refractivity contribution in [1.82, 2.24) is 4.90 Å². The van der Waals surface area contributed by atoms with Crippen LogP contribution < -0.4 is 9.47 Å². The van der Waals surface area contributed by atoms with E-state index in [4.69, 9.17) is 9.47 Å². The third-order valence-corrected chi connectivity index (χ3v) is 3.78. The largest absolute Gasteiger partial charge is 0.492 e. The molecule has 0 aliphatic heterocycles. The van der Waals surface area contributed by atoms with Gasteiger partial charge in [-0.15, -0.1) is 0 Å².